The van der Waals surface area contributed by atoms with Gasteiger partial charge in [-0.1, -0.05) is 13.8 Å². The van der Waals surface area contributed by atoms with Crippen LogP contribution in [0.5, 0.6) is 0 Å². The van der Waals surface area contributed by atoms with Crippen molar-refractivity contribution in [3.8, 4) is 0 Å². The fourth-order valence-corrected chi connectivity index (χ4v) is 1.24. The van der Waals surface area contributed by atoms with Crippen LogP contribution in [0.4, 0.5) is 0 Å². The molecular formula is C8H18O4S. The van der Waals surface area contributed by atoms with Crippen molar-refractivity contribution in [2.24, 2.45) is 0 Å². The van der Waals surface area contributed by atoms with Crippen LogP contribution >= 0.6 is 0 Å². The van der Waals surface area contributed by atoms with Crippen LogP contribution in [0.1, 0.15) is 33.6 Å². The Labute approximate surface area is 80.4 Å². The lowest BCUT2D eigenvalue weighted by molar-refractivity contribution is -0.0151. The third kappa shape index (κ3) is 4.59. The highest BCUT2D eigenvalue weighted by Gasteiger charge is 2.23. The topological polar surface area (TPSA) is 52.6 Å². The molecule has 0 N–H and O–H groups in total. The maximum absolute atomic E-state index is 10.9. The molecule has 0 saturated heterocycles. The first-order valence-corrected chi connectivity index (χ1v) is 5.89. The SMILES string of the molecule is CCC(C)(CC)OCS(=O)(=O)OC. The summed E-state index contributed by atoms with van der Waals surface area (Å²) in [6.07, 6.45) is 1.56. The Bertz CT molecular complexity index is 229. The van der Waals surface area contributed by atoms with Gasteiger partial charge in [-0.15, -0.1) is 0 Å². The largest absolute Gasteiger partial charge is 0.357 e. The molecule has 0 fully saturated rings. The van der Waals surface area contributed by atoms with Gasteiger partial charge < -0.3 is 4.74 Å². The zero-order valence-corrected chi connectivity index (χ0v) is 9.48. The molecule has 0 radical (unpaired) electrons. The second kappa shape index (κ2) is 4.93. The van der Waals surface area contributed by atoms with Gasteiger partial charge in [0.25, 0.3) is 10.1 Å². The van der Waals surface area contributed by atoms with Crippen molar-refractivity contribution in [3.05, 3.63) is 0 Å². The lowest BCUT2D eigenvalue weighted by Crippen LogP contribution is -2.29. The molecule has 0 rings (SSSR count). The van der Waals surface area contributed by atoms with E-state index in [1.165, 1.54) is 0 Å². The van der Waals surface area contributed by atoms with Crippen LogP contribution in [0.2, 0.25) is 0 Å². The van der Waals surface area contributed by atoms with Crippen molar-refractivity contribution in [3.63, 3.8) is 0 Å². The van der Waals surface area contributed by atoms with E-state index in [9.17, 15) is 8.42 Å². The molecule has 0 aliphatic carbocycles. The first kappa shape index (κ1) is 12.9. The first-order valence-electron chi connectivity index (χ1n) is 4.31. The van der Waals surface area contributed by atoms with Crippen LogP contribution < -0.4 is 0 Å². The molecule has 0 amide bonds. The average molecular weight is 210 g/mol. The van der Waals surface area contributed by atoms with Crippen molar-refractivity contribution >= 4 is 10.1 Å². The van der Waals surface area contributed by atoms with Crippen LogP contribution in [0, 0.1) is 0 Å². The molecular weight excluding hydrogens is 192 g/mol. The Morgan fingerprint density at radius 1 is 1.23 bits per heavy atom. The number of hydrogen-bond donors (Lipinski definition) is 0. The van der Waals surface area contributed by atoms with E-state index in [2.05, 4.69) is 4.18 Å². The van der Waals surface area contributed by atoms with Gasteiger partial charge in [0.05, 0.1) is 12.7 Å². The molecule has 0 bridgehead atoms. The highest BCUT2D eigenvalue weighted by atomic mass is 32.2. The lowest BCUT2D eigenvalue weighted by Gasteiger charge is -2.26. The smallest absolute Gasteiger partial charge is 0.291 e. The van der Waals surface area contributed by atoms with Gasteiger partial charge in [-0.3, -0.25) is 4.18 Å². The first-order chi connectivity index (χ1) is 5.89. The van der Waals surface area contributed by atoms with E-state index >= 15 is 0 Å². The normalized spacial score (nSPS) is 13.2. The molecule has 0 unspecified atom stereocenters. The van der Waals surface area contributed by atoms with E-state index in [0.29, 0.717) is 0 Å². The molecule has 13 heavy (non-hydrogen) atoms. The Kier molecular flexibility index (Phi) is 4.88. The van der Waals surface area contributed by atoms with Gasteiger partial charge in [0.1, 0.15) is 0 Å². The van der Waals surface area contributed by atoms with Crippen molar-refractivity contribution in [2.45, 2.75) is 39.2 Å². The predicted octanol–water partition coefficient (Wildman–Crippen LogP) is 1.52. The van der Waals surface area contributed by atoms with Crippen molar-refractivity contribution < 1.29 is 17.3 Å². The molecule has 0 heterocycles. The van der Waals surface area contributed by atoms with Gasteiger partial charge >= 0.3 is 0 Å². The van der Waals surface area contributed by atoms with Crippen LogP contribution in [-0.4, -0.2) is 27.1 Å². The second-order valence-electron chi connectivity index (χ2n) is 3.14. The zero-order valence-electron chi connectivity index (χ0n) is 8.66. The zero-order chi connectivity index (χ0) is 10.5. The quantitative estimate of drug-likeness (QED) is 0.624. The summed E-state index contributed by atoms with van der Waals surface area (Å²) in [5.41, 5.74) is -0.369. The molecule has 0 aliphatic heterocycles. The highest BCUT2D eigenvalue weighted by Crippen LogP contribution is 2.19. The standard InChI is InChI=1S/C8H18O4S/c1-5-8(3,6-2)12-7-13(9,10)11-4/h5-7H2,1-4H3. The molecule has 5 heteroatoms. The molecule has 0 aromatic heterocycles. The fourth-order valence-electron chi connectivity index (χ4n) is 0.717. The summed E-state index contributed by atoms with van der Waals surface area (Å²) in [6.45, 7) is 5.81. The third-order valence-electron chi connectivity index (χ3n) is 2.30. The maximum Gasteiger partial charge on any atom is 0.291 e. The van der Waals surface area contributed by atoms with Crippen molar-refractivity contribution in [1.82, 2.24) is 0 Å². The highest BCUT2D eigenvalue weighted by molar-refractivity contribution is 7.86. The molecule has 4 nitrogen and oxygen atoms in total. The van der Waals surface area contributed by atoms with Crippen LogP contribution in [-0.2, 0) is 19.0 Å². The van der Waals surface area contributed by atoms with E-state index in [4.69, 9.17) is 4.74 Å². The van der Waals surface area contributed by atoms with Gasteiger partial charge in [-0.2, -0.15) is 8.42 Å². The maximum atomic E-state index is 10.9. The number of ether oxygens (including phenoxy) is 1. The molecule has 0 spiro atoms. The summed E-state index contributed by atoms with van der Waals surface area (Å²) in [6, 6.07) is 0. The van der Waals surface area contributed by atoms with E-state index in [1.54, 1.807) is 0 Å². The van der Waals surface area contributed by atoms with Crippen molar-refractivity contribution in [1.29, 1.82) is 0 Å². The monoisotopic (exact) mass is 210 g/mol. The van der Waals surface area contributed by atoms with Crippen LogP contribution in [0.25, 0.3) is 0 Å². The molecule has 0 aliphatic rings. The molecule has 0 saturated carbocycles. The van der Waals surface area contributed by atoms with Gasteiger partial charge in [-0.05, 0) is 19.8 Å². The summed E-state index contributed by atoms with van der Waals surface area (Å²) < 4.78 is 31.4. The summed E-state index contributed by atoms with van der Waals surface area (Å²) in [4.78, 5) is 0. The van der Waals surface area contributed by atoms with E-state index in [-0.39, 0.29) is 11.5 Å². The average Bonchev–Trinajstić information content (AvgIpc) is 2.14. The summed E-state index contributed by atoms with van der Waals surface area (Å²) in [5, 5.41) is 0. The minimum absolute atomic E-state index is 0.369. The lowest BCUT2D eigenvalue weighted by atomic mass is 10.0. The van der Waals surface area contributed by atoms with Gasteiger partial charge in [0, 0.05) is 0 Å². The minimum atomic E-state index is -3.50. The summed E-state index contributed by atoms with van der Waals surface area (Å²) in [5.74, 6) is -0.373. The summed E-state index contributed by atoms with van der Waals surface area (Å²) in [7, 11) is -2.36. The predicted molar refractivity (Wildman–Crippen MR) is 50.9 cm³/mol. The Hall–Kier alpha value is -0.130. The van der Waals surface area contributed by atoms with Gasteiger partial charge in [0.2, 0.25) is 0 Å². The molecule has 0 aromatic rings. The number of hydrogen-bond acceptors (Lipinski definition) is 4. The second-order valence-corrected chi connectivity index (χ2v) is 4.83. The van der Waals surface area contributed by atoms with E-state index < -0.39 is 10.1 Å². The third-order valence-corrected chi connectivity index (χ3v) is 3.22. The summed E-state index contributed by atoms with van der Waals surface area (Å²) >= 11 is 0. The number of rotatable bonds is 6. The minimum Gasteiger partial charge on any atom is -0.357 e. The van der Waals surface area contributed by atoms with Crippen LogP contribution in [0.15, 0.2) is 0 Å². The van der Waals surface area contributed by atoms with Gasteiger partial charge in [-0.25, -0.2) is 0 Å². The fraction of sp³-hybridized carbons (Fsp3) is 1.00. The van der Waals surface area contributed by atoms with Crippen LogP contribution in [0.3, 0.4) is 0 Å². The van der Waals surface area contributed by atoms with Gasteiger partial charge in [0.15, 0.2) is 5.94 Å². The molecule has 0 aromatic carbocycles. The Morgan fingerprint density at radius 3 is 2.00 bits per heavy atom. The molecule has 0 atom stereocenters. The Balaban J connectivity index is 4.15. The molecule has 80 valence electrons. The van der Waals surface area contributed by atoms with E-state index in [1.807, 2.05) is 20.8 Å². The van der Waals surface area contributed by atoms with Crippen molar-refractivity contribution in [2.75, 3.05) is 13.0 Å². The Morgan fingerprint density at radius 2 is 1.69 bits per heavy atom. The van der Waals surface area contributed by atoms with E-state index in [0.717, 1.165) is 20.0 Å².